The maximum atomic E-state index is 12.6. The molecule has 0 fully saturated rings. The van der Waals surface area contributed by atoms with Gasteiger partial charge in [0.05, 0.1) is 24.7 Å². The molecular formula is C21H19ClN2O5. The molecule has 0 bridgehead atoms. The number of hydrogen-bond acceptors (Lipinski definition) is 5. The molecule has 1 heterocycles. The van der Waals surface area contributed by atoms with E-state index >= 15 is 0 Å². The summed E-state index contributed by atoms with van der Waals surface area (Å²) in [4.78, 5) is 38.5. The van der Waals surface area contributed by atoms with Crippen LogP contribution in [0.5, 0.6) is 5.75 Å². The number of fused-ring (bicyclic) bond motifs is 1. The Morgan fingerprint density at radius 1 is 1.17 bits per heavy atom. The first-order chi connectivity index (χ1) is 13.8. The zero-order chi connectivity index (χ0) is 21.1. The van der Waals surface area contributed by atoms with Gasteiger partial charge in [-0.2, -0.15) is 0 Å². The SMILES string of the molecule is COc1ccc(Cl)cc1NC(=O)CN(C)C(=O)c1cc(=O)c2cc(C)ccc2o1. The average Bonchev–Trinajstić information content (AvgIpc) is 2.67. The monoisotopic (exact) mass is 414 g/mol. The van der Waals surface area contributed by atoms with Crippen LogP contribution < -0.4 is 15.5 Å². The summed E-state index contributed by atoms with van der Waals surface area (Å²) < 4.78 is 10.8. The van der Waals surface area contributed by atoms with E-state index in [0.29, 0.717) is 27.4 Å². The number of halogens is 1. The highest BCUT2D eigenvalue weighted by Gasteiger charge is 2.20. The van der Waals surface area contributed by atoms with Gasteiger partial charge >= 0.3 is 0 Å². The Kier molecular flexibility index (Phi) is 5.89. The van der Waals surface area contributed by atoms with Crippen molar-refractivity contribution in [3.63, 3.8) is 0 Å². The van der Waals surface area contributed by atoms with Crippen LogP contribution in [0.1, 0.15) is 16.1 Å². The molecule has 150 valence electrons. The first kappa shape index (κ1) is 20.4. The molecule has 0 aliphatic carbocycles. The first-order valence-corrected chi connectivity index (χ1v) is 9.09. The zero-order valence-electron chi connectivity index (χ0n) is 16.1. The molecule has 29 heavy (non-hydrogen) atoms. The number of carbonyl (C=O) groups is 2. The number of methoxy groups -OCH3 is 1. The highest BCUT2D eigenvalue weighted by Crippen LogP contribution is 2.27. The second kappa shape index (κ2) is 8.36. The molecule has 0 unspecified atom stereocenters. The molecule has 3 aromatic rings. The molecule has 3 rings (SSSR count). The van der Waals surface area contributed by atoms with E-state index in [2.05, 4.69) is 5.32 Å². The molecule has 0 saturated heterocycles. The van der Waals surface area contributed by atoms with Gasteiger partial charge in [-0.1, -0.05) is 23.2 Å². The van der Waals surface area contributed by atoms with Crippen molar-refractivity contribution in [3.8, 4) is 5.75 Å². The smallest absolute Gasteiger partial charge is 0.289 e. The van der Waals surface area contributed by atoms with E-state index in [1.54, 1.807) is 36.4 Å². The van der Waals surface area contributed by atoms with Crippen LogP contribution in [0.15, 0.2) is 51.7 Å². The van der Waals surface area contributed by atoms with E-state index in [9.17, 15) is 14.4 Å². The fourth-order valence-corrected chi connectivity index (χ4v) is 2.99. The molecule has 1 N–H and O–H groups in total. The van der Waals surface area contributed by atoms with Crippen molar-refractivity contribution < 1.29 is 18.7 Å². The summed E-state index contributed by atoms with van der Waals surface area (Å²) in [6, 6.07) is 11.1. The number of carbonyl (C=O) groups excluding carboxylic acids is 2. The summed E-state index contributed by atoms with van der Waals surface area (Å²) in [7, 11) is 2.91. The highest BCUT2D eigenvalue weighted by molar-refractivity contribution is 6.31. The second-order valence-corrected chi connectivity index (χ2v) is 6.96. The lowest BCUT2D eigenvalue weighted by Crippen LogP contribution is -2.35. The number of rotatable bonds is 5. The second-order valence-electron chi connectivity index (χ2n) is 6.53. The van der Waals surface area contributed by atoms with Gasteiger partial charge in [-0.25, -0.2) is 0 Å². The van der Waals surface area contributed by atoms with Crippen molar-refractivity contribution in [1.29, 1.82) is 0 Å². The van der Waals surface area contributed by atoms with Crippen molar-refractivity contribution in [2.45, 2.75) is 6.92 Å². The Bertz CT molecular complexity index is 1160. The predicted octanol–water partition coefficient (Wildman–Crippen LogP) is 3.47. The van der Waals surface area contributed by atoms with Crippen LogP contribution in [0.25, 0.3) is 11.0 Å². The summed E-state index contributed by atoms with van der Waals surface area (Å²) in [5.74, 6) is -0.743. The van der Waals surface area contributed by atoms with E-state index < -0.39 is 11.8 Å². The molecule has 0 aliphatic heterocycles. The van der Waals surface area contributed by atoms with Gasteiger partial charge in [-0.15, -0.1) is 0 Å². The number of likely N-dealkylation sites (N-methyl/N-ethyl adjacent to an activating group) is 1. The quantitative estimate of drug-likeness (QED) is 0.690. The summed E-state index contributed by atoms with van der Waals surface area (Å²) in [5.41, 5.74) is 1.29. The average molecular weight is 415 g/mol. The minimum absolute atomic E-state index is 0.137. The lowest BCUT2D eigenvalue weighted by molar-refractivity contribution is -0.116. The number of anilines is 1. The minimum Gasteiger partial charge on any atom is -0.495 e. The Balaban J connectivity index is 1.76. The summed E-state index contributed by atoms with van der Waals surface area (Å²) in [6.45, 7) is 1.60. The van der Waals surface area contributed by atoms with E-state index in [-0.39, 0.29) is 17.7 Å². The van der Waals surface area contributed by atoms with Gasteiger partial charge in [0.1, 0.15) is 11.3 Å². The number of nitrogens with one attached hydrogen (secondary N) is 1. The highest BCUT2D eigenvalue weighted by atomic mass is 35.5. The standard InChI is InChI=1S/C21H19ClN2O5/c1-12-4-6-17-14(8-12)16(25)10-19(29-17)21(27)24(2)11-20(26)23-15-9-13(22)5-7-18(15)28-3/h4-10H,11H2,1-3H3,(H,23,26). The van der Waals surface area contributed by atoms with Gasteiger partial charge in [0.2, 0.25) is 5.91 Å². The fraction of sp³-hybridized carbons (Fsp3) is 0.190. The lowest BCUT2D eigenvalue weighted by Gasteiger charge is -2.17. The first-order valence-electron chi connectivity index (χ1n) is 8.72. The predicted molar refractivity (Wildman–Crippen MR) is 111 cm³/mol. The molecular weight excluding hydrogens is 396 g/mol. The van der Waals surface area contributed by atoms with Crippen LogP contribution >= 0.6 is 11.6 Å². The Morgan fingerprint density at radius 3 is 2.66 bits per heavy atom. The number of hydrogen-bond donors (Lipinski definition) is 1. The normalized spacial score (nSPS) is 10.6. The molecule has 8 heteroatoms. The lowest BCUT2D eigenvalue weighted by atomic mass is 10.1. The Labute approximate surface area is 171 Å². The third-order valence-electron chi connectivity index (χ3n) is 4.26. The molecule has 2 aromatic carbocycles. The van der Waals surface area contributed by atoms with Gasteiger partial charge < -0.3 is 19.4 Å². The Hall–Kier alpha value is -3.32. The van der Waals surface area contributed by atoms with Crippen molar-refractivity contribution in [2.75, 3.05) is 26.0 Å². The molecule has 0 aliphatic rings. The third kappa shape index (κ3) is 4.57. The van der Waals surface area contributed by atoms with E-state index in [0.717, 1.165) is 16.5 Å². The molecule has 7 nitrogen and oxygen atoms in total. The summed E-state index contributed by atoms with van der Waals surface area (Å²) >= 11 is 5.95. The molecule has 1 aromatic heterocycles. The third-order valence-corrected chi connectivity index (χ3v) is 4.49. The van der Waals surface area contributed by atoms with Crippen molar-refractivity contribution in [2.24, 2.45) is 0 Å². The van der Waals surface area contributed by atoms with Gasteiger partial charge in [0, 0.05) is 18.1 Å². The van der Waals surface area contributed by atoms with Crippen LogP contribution in [0, 0.1) is 6.92 Å². The van der Waals surface area contributed by atoms with Crippen LogP contribution in [0.3, 0.4) is 0 Å². The number of aryl methyl sites for hydroxylation is 1. The maximum Gasteiger partial charge on any atom is 0.289 e. The number of ether oxygens (including phenoxy) is 1. The van der Waals surface area contributed by atoms with Crippen LogP contribution in [-0.4, -0.2) is 37.4 Å². The maximum absolute atomic E-state index is 12.6. The summed E-state index contributed by atoms with van der Waals surface area (Å²) in [5, 5.41) is 3.48. The summed E-state index contributed by atoms with van der Waals surface area (Å²) in [6.07, 6.45) is 0. The number of amides is 2. The van der Waals surface area contributed by atoms with Crippen LogP contribution in [-0.2, 0) is 4.79 Å². The molecule has 0 atom stereocenters. The molecule has 0 spiro atoms. The molecule has 0 saturated carbocycles. The van der Waals surface area contributed by atoms with Gasteiger partial charge in [0.25, 0.3) is 5.91 Å². The van der Waals surface area contributed by atoms with Gasteiger partial charge in [0.15, 0.2) is 11.2 Å². The van der Waals surface area contributed by atoms with E-state index in [4.69, 9.17) is 20.8 Å². The van der Waals surface area contributed by atoms with Crippen molar-refractivity contribution in [1.82, 2.24) is 4.90 Å². The van der Waals surface area contributed by atoms with Gasteiger partial charge in [-0.3, -0.25) is 14.4 Å². The minimum atomic E-state index is -0.585. The molecule has 2 amide bonds. The number of nitrogens with zero attached hydrogens (tertiary/aromatic N) is 1. The van der Waals surface area contributed by atoms with E-state index in [1.165, 1.54) is 14.2 Å². The van der Waals surface area contributed by atoms with E-state index in [1.807, 2.05) is 6.92 Å². The van der Waals surface area contributed by atoms with Crippen molar-refractivity contribution in [3.05, 3.63) is 69.0 Å². The zero-order valence-corrected chi connectivity index (χ0v) is 16.9. The molecule has 0 radical (unpaired) electrons. The van der Waals surface area contributed by atoms with Crippen LogP contribution in [0.4, 0.5) is 5.69 Å². The largest absolute Gasteiger partial charge is 0.495 e. The van der Waals surface area contributed by atoms with Crippen LogP contribution in [0.2, 0.25) is 5.02 Å². The number of benzene rings is 2. The topological polar surface area (TPSA) is 88.9 Å². The Morgan fingerprint density at radius 2 is 1.93 bits per heavy atom. The fourth-order valence-electron chi connectivity index (χ4n) is 2.82. The van der Waals surface area contributed by atoms with Crippen molar-refractivity contribution >= 4 is 40.1 Å². The van der Waals surface area contributed by atoms with Gasteiger partial charge in [-0.05, 0) is 37.3 Å².